The number of carbonyl (C=O) groups is 1. The van der Waals surface area contributed by atoms with Crippen LogP contribution in [-0.2, 0) is 4.79 Å². The Morgan fingerprint density at radius 2 is 2.46 bits per heavy atom. The Morgan fingerprint density at radius 3 is 2.85 bits per heavy atom. The average Bonchev–Trinajstić information content (AvgIpc) is 2.47. The number of aryl methyl sites for hydroxylation is 1. The maximum absolute atomic E-state index is 10.5. The van der Waals surface area contributed by atoms with Crippen molar-refractivity contribution < 1.29 is 9.90 Å². The van der Waals surface area contributed by atoms with Crippen molar-refractivity contribution in [1.29, 1.82) is 0 Å². The molecule has 13 heavy (non-hydrogen) atoms. The zero-order chi connectivity index (χ0) is 9.84. The van der Waals surface area contributed by atoms with Gasteiger partial charge in [0.05, 0.1) is 18.7 Å². The molecule has 1 aromatic rings. The normalized spacial score (nSPS) is 12.8. The molecule has 1 N–H and O–H groups in total. The molecule has 72 valence electrons. The van der Waals surface area contributed by atoms with E-state index in [1.165, 1.54) is 0 Å². The second-order valence-electron chi connectivity index (χ2n) is 3.16. The van der Waals surface area contributed by atoms with Crippen molar-refractivity contribution >= 4 is 5.97 Å². The van der Waals surface area contributed by atoms with E-state index in [2.05, 4.69) is 5.10 Å². The van der Waals surface area contributed by atoms with Gasteiger partial charge in [0.2, 0.25) is 0 Å². The molecule has 0 radical (unpaired) electrons. The second-order valence-corrected chi connectivity index (χ2v) is 3.16. The number of rotatable bonds is 4. The van der Waals surface area contributed by atoms with Crippen LogP contribution in [0.4, 0.5) is 0 Å². The van der Waals surface area contributed by atoms with E-state index in [1.807, 2.05) is 20.0 Å². The van der Waals surface area contributed by atoms with Crippen LogP contribution < -0.4 is 0 Å². The molecule has 4 heteroatoms. The molecule has 1 rings (SSSR count). The van der Waals surface area contributed by atoms with E-state index in [9.17, 15) is 4.79 Å². The highest BCUT2D eigenvalue weighted by molar-refractivity contribution is 5.67. The van der Waals surface area contributed by atoms with Gasteiger partial charge in [-0.2, -0.15) is 5.10 Å². The quantitative estimate of drug-likeness (QED) is 0.769. The summed E-state index contributed by atoms with van der Waals surface area (Å²) in [6, 6.07) is -0.0220. The van der Waals surface area contributed by atoms with Gasteiger partial charge in [-0.05, 0) is 18.9 Å². The predicted octanol–water partition coefficient (Wildman–Crippen LogP) is 1.62. The lowest BCUT2D eigenvalue weighted by atomic mass is 10.1. The van der Waals surface area contributed by atoms with E-state index in [-0.39, 0.29) is 12.5 Å². The highest BCUT2D eigenvalue weighted by Gasteiger charge is 2.13. The minimum Gasteiger partial charge on any atom is -0.481 e. The minimum atomic E-state index is -0.778. The van der Waals surface area contributed by atoms with Gasteiger partial charge in [-0.3, -0.25) is 9.48 Å². The summed E-state index contributed by atoms with van der Waals surface area (Å²) in [5.74, 6) is -0.778. The van der Waals surface area contributed by atoms with Gasteiger partial charge >= 0.3 is 5.97 Å². The highest BCUT2D eigenvalue weighted by atomic mass is 16.4. The second kappa shape index (κ2) is 4.07. The maximum Gasteiger partial charge on any atom is 0.305 e. The third-order valence-corrected chi connectivity index (χ3v) is 1.99. The number of aliphatic carboxylic acids is 1. The van der Waals surface area contributed by atoms with Gasteiger partial charge < -0.3 is 5.11 Å². The molecule has 0 fully saturated rings. The lowest BCUT2D eigenvalue weighted by Gasteiger charge is -2.12. The Balaban J connectivity index is 2.72. The summed E-state index contributed by atoms with van der Waals surface area (Å²) in [6.45, 7) is 3.90. The van der Waals surface area contributed by atoms with Crippen LogP contribution in [0.15, 0.2) is 12.4 Å². The molecule has 4 nitrogen and oxygen atoms in total. The molecule has 0 saturated carbocycles. The fourth-order valence-corrected chi connectivity index (χ4v) is 1.26. The number of nitrogens with zero attached hydrogens (tertiary/aromatic N) is 2. The molecule has 0 aliphatic carbocycles. The van der Waals surface area contributed by atoms with E-state index >= 15 is 0 Å². The van der Waals surface area contributed by atoms with Gasteiger partial charge in [0.1, 0.15) is 0 Å². The molecule has 0 aromatic carbocycles. The van der Waals surface area contributed by atoms with E-state index in [0.29, 0.717) is 0 Å². The first-order chi connectivity index (χ1) is 6.13. The van der Waals surface area contributed by atoms with Crippen molar-refractivity contribution in [2.45, 2.75) is 32.7 Å². The van der Waals surface area contributed by atoms with Crippen molar-refractivity contribution in [2.24, 2.45) is 0 Å². The summed E-state index contributed by atoms with van der Waals surface area (Å²) >= 11 is 0. The molecule has 0 saturated heterocycles. The fraction of sp³-hybridized carbons (Fsp3) is 0.556. The fourth-order valence-electron chi connectivity index (χ4n) is 1.26. The zero-order valence-electron chi connectivity index (χ0n) is 7.90. The summed E-state index contributed by atoms with van der Waals surface area (Å²) < 4.78 is 1.73. The van der Waals surface area contributed by atoms with Crippen LogP contribution in [0.25, 0.3) is 0 Å². The monoisotopic (exact) mass is 182 g/mol. The molecule has 0 aliphatic rings. The minimum absolute atomic E-state index is 0.0220. The molecule has 0 aliphatic heterocycles. The standard InChI is InChI=1S/C9H14N2O2/c1-3-8(4-9(12)13)11-6-7(2)5-10-11/h5-6,8H,3-4H2,1-2H3,(H,12,13). The first-order valence-corrected chi connectivity index (χ1v) is 4.36. The zero-order valence-corrected chi connectivity index (χ0v) is 7.90. The van der Waals surface area contributed by atoms with Crippen LogP contribution in [0.2, 0.25) is 0 Å². The molecule has 0 spiro atoms. The number of hydrogen-bond donors (Lipinski definition) is 1. The van der Waals surface area contributed by atoms with Crippen molar-refractivity contribution in [3.05, 3.63) is 18.0 Å². The first kappa shape index (κ1) is 9.77. The Kier molecular flexibility index (Phi) is 3.06. The van der Waals surface area contributed by atoms with Crippen LogP contribution >= 0.6 is 0 Å². The Hall–Kier alpha value is -1.32. The molecular formula is C9H14N2O2. The summed E-state index contributed by atoms with van der Waals surface area (Å²) in [5, 5.41) is 12.7. The Bertz CT molecular complexity index is 294. The third-order valence-electron chi connectivity index (χ3n) is 1.99. The molecule has 1 atom stereocenters. The molecule has 1 unspecified atom stereocenters. The number of aromatic nitrogens is 2. The first-order valence-electron chi connectivity index (χ1n) is 4.36. The number of hydrogen-bond acceptors (Lipinski definition) is 2. The van der Waals surface area contributed by atoms with Crippen molar-refractivity contribution in [3.8, 4) is 0 Å². The van der Waals surface area contributed by atoms with Gasteiger partial charge in [0.25, 0.3) is 0 Å². The van der Waals surface area contributed by atoms with Crippen molar-refractivity contribution in [3.63, 3.8) is 0 Å². The van der Waals surface area contributed by atoms with Gasteiger partial charge in [-0.15, -0.1) is 0 Å². The van der Waals surface area contributed by atoms with E-state index in [4.69, 9.17) is 5.11 Å². The Morgan fingerprint density at radius 1 is 1.77 bits per heavy atom. The molecular weight excluding hydrogens is 168 g/mol. The Labute approximate surface area is 77.2 Å². The summed E-state index contributed by atoms with van der Waals surface area (Å²) in [7, 11) is 0. The van der Waals surface area contributed by atoms with E-state index in [0.717, 1.165) is 12.0 Å². The largest absolute Gasteiger partial charge is 0.481 e. The number of carboxylic acid groups (broad SMARTS) is 1. The van der Waals surface area contributed by atoms with Gasteiger partial charge in [0.15, 0.2) is 0 Å². The van der Waals surface area contributed by atoms with Crippen LogP contribution in [0.3, 0.4) is 0 Å². The third kappa shape index (κ3) is 2.57. The van der Waals surface area contributed by atoms with Crippen LogP contribution in [0.5, 0.6) is 0 Å². The van der Waals surface area contributed by atoms with Gasteiger partial charge in [-0.25, -0.2) is 0 Å². The van der Waals surface area contributed by atoms with Gasteiger partial charge in [-0.1, -0.05) is 6.92 Å². The molecule has 1 heterocycles. The maximum atomic E-state index is 10.5. The summed E-state index contributed by atoms with van der Waals surface area (Å²) in [4.78, 5) is 10.5. The molecule has 0 amide bonds. The molecule has 1 aromatic heterocycles. The van der Waals surface area contributed by atoms with E-state index < -0.39 is 5.97 Å². The van der Waals surface area contributed by atoms with Crippen molar-refractivity contribution in [2.75, 3.05) is 0 Å². The lowest BCUT2D eigenvalue weighted by molar-refractivity contribution is -0.138. The van der Waals surface area contributed by atoms with Crippen LogP contribution in [0.1, 0.15) is 31.4 Å². The number of carboxylic acids is 1. The summed E-state index contributed by atoms with van der Waals surface area (Å²) in [5.41, 5.74) is 1.06. The van der Waals surface area contributed by atoms with Crippen LogP contribution in [0, 0.1) is 6.92 Å². The highest BCUT2D eigenvalue weighted by Crippen LogP contribution is 2.14. The lowest BCUT2D eigenvalue weighted by Crippen LogP contribution is -2.13. The summed E-state index contributed by atoms with van der Waals surface area (Å²) in [6.07, 6.45) is 4.53. The topological polar surface area (TPSA) is 55.1 Å². The molecule has 0 bridgehead atoms. The predicted molar refractivity (Wildman–Crippen MR) is 48.5 cm³/mol. The van der Waals surface area contributed by atoms with E-state index in [1.54, 1.807) is 10.9 Å². The van der Waals surface area contributed by atoms with Crippen LogP contribution in [-0.4, -0.2) is 20.9 Å². The van der Waals surface area contributed by atoms with Gasteiger partial charge in [0, 0.05) is 6.20 Å². The smallest absolute Gasteiger partial charge is 0.305 e. The van der Waals surface area contributed by atoms with Crippen molar-refractivity contribution in [1.82, 2.24) is 9.78 Å². The average molecular weight is 182 g/mol. The SMILES string of the molecule is CCC(CC(=O)O)n1cc(C)cn1.